The Kier molecular flexibility index (Phi) is 5.17. The van der Waals surface area contributed by atoms with Crippen molar-refractivity contribution in [3.63, 3.8) is 0 Å². The second-order valence-corrected chi connectivity index (χ2v) is 6.03. The molecule has 0 fully saturated rings. The van der Waals surface area contributed by atoms with Crippen molar-refractivity contribution in [2.24, 2.45) is 0 Å². The molecule has 1 unspecified atom stereocenters. The van der Waals surface area contributed by atoms with Crippen LogP contribution in [0.3, 0.4) is 0 Å². The van der Waals surface area contributed by atoms with E-state index in [0.29, 0.717) is 6.54 Å². The Morgan fingerprint density at radius 1 is 1.53 bits per heavy atom. The lowest BCUT2D eigenvalue weighted by molar-refractivity contribution is 0.229. The van der Waals surface area contributed by atoms with Crippen molar-refractivity contribution in [3.8, 4) is 0 Å². The highest BCUT2D eigenvalue weighted by Crippen LogP contribution is 2.18. The number of nitrogens with one attached hydrogen (secondary N) is 1. The molecule has 17 heavy (non-hydrogen) atoms. The predicted molar refractivity (Wildman–Crippen MR) is 67.2 cm³/mol. The van der Waals surface area contributed by atoms with Gasteiger partial charge in [0.1, 0.15) is 5.76 Å². The first kappa shape index (κ1) is 14.2. The summed E-state index contributed by atoms with van der Waals surface area (Å²) in [4.78, 5) is 2.13. The van der Waals surface area contributed by atoms with Crippen molar-refractivity contribution in [1.29, 1.82) is 0 Å². The summed E-state index contributed by atoms with van der Waals surface area (Å²) in [5, 5.41) is 0. The third-order valence-corrected chi connectivity index (χ3v) is 3.40. The quantitative estimate of drug-likeness (QED) is 0.749. The number of rotatable bonds is 7. The molecule has 0 radical (unpaired) electrons. The Morgan fingerprint density at radius 2 is 2.24 bits per heavy atom. The minimum absolute atomic E-state index is 0.197. The highest BCUT2D eigenvalue weighted by molar-refractivity contribution is 7.88. The molecule has 1 rings (SSSR count). The van der Waals surface area contributed by atoms with E-state index in [1.54, 1.807) is 6.26 Å². The van der Waals surface area contributed by atoms with Gasteiger partial charge in [-0.2, -0.15) is 0 Å². The zero-order valence-corrected chi connectivity index (χ0v) is 11.3. The van der Waals surface area contributed by atoms with Gasteiger partial charge in [0.25, 0.3) is 0 Å². The Morgan fingerprint density at radius 3 is 2.76 bits per heavy atom. The van der Waals surface area contributed by atoms with E-state index in [0.717, 1.165) is 18.7 Å². The molecule has 0 saturated carbocycles. The predicted octanol–water partition coefficient (Wildman–Crippen LogP) is 1.21. The Balaban J connectivity index is 2.28. The summed E-state index contributed by atoms with van der Waals surface area (Å²) in [5.41, 5.74) is 0. The monoisotopic (exact) mass is 260 g/mol. The van der Waals surface area contributed by atoms with Gasteiger partial charge in [0, 0.05) is 6.54 Å². The SMILES string of the molecule is CC(c1ccco1)N(C)CCCNS(C)(=O)=O. The number of furan rings is 1. The molecule has 1 aromatic rings. The van der Waals surface area contributed by atoms with Gasteiger partial charge < -0.3 is 4.42 Å². The van der Waals surface area contributed by atoms with E-state index in [1.165, 1.54) is 6.26 Å². The van der Waals surface area contributed by atoms with Crippen molar-refractivity contribution in [2.75, 3.05) is 26.4 Å². The molecule has 6 heteroatoms. The van der Waals surface area contributed by atoms with Crippen LogP contribution in [-0.2, 0) is 10.0 Å². The average Bonchev–Trinajstić information content (AvgIpc) is 2.74. The summed E-state index contributed by atoms with van der Waals surface area (Å²) in [6, 6.07) is 4.00. The summed E-state index contributed by atoms with van der Waals surface area (Å²) >= 11 is 0. The molecule has 1 atom stereocenters. The molecule has 1 aromatic heterocycles. The molecule has 0 aliphatic carbocycles. The third kappa shape index (κ3) is 5.34. The molecule has 0 saturated heterocycles. The fourth-order valence-corrected chi connectivity index (χ4v) is 2.04. The van der Waals surface area contributed by atoms with Crippen LogP contribution >= 0.6 is 0 Å². The van der Waals surface area contributed by atoms with E-state index in [-0.39, 0.29) is 6.04 Å². The summed E-state index contributed by atoms with van der Waals surface area (Å²) in [6.07, 6.45) is 3.60. The fourth-order valence-electron chi connectivity index (χ4n) is 1.53. The van der Waals surface area contributed by atoms with Gasteiger partial charge in [-0.25, -0.2) is 13.1 Å². The fraction of sp³-hybridized carbons (Fsp3) is 0.636. The molecule has 0 aromatic carbocycles. The zero-order valence-electron chi connectivity index (χ0n) is 10.5. The van der Waals surface area contributed by atoms with E-state index in [2.05, 4.69) is 16.5 Å². The maximum atomic E-state index is 10.9. The van der Waals surface area contributed by atoms with Gasteiger partial charge in [-0.3, -0.25) is 4.90 Å². The Hall–Kier alpha value is -0.850. The smallest absolute Gasteiger partial charge is 0.208 e. The van der Waals surface area contributed by atoms with Crippen molar-refractivity contribution < 1.29 is 12.8 Å². The molecular weight excluding hydrogens is 240 g/mol. The van der Waals surface area contributed by atoms with Gasteiger partial charge >= 0.3 is 0 Å². The van der Waals surface area contributed by atoms with E-state index in [1.807, 2.05) is 19.2 Å². The Bertz CT molecular complexity index is 414. The van der Waals surface area contributed by atoms with E-state index in [4.69, 9.17) is 4.42 Å². The average molecular weight is 260 g/mol. The summed E-state index contributed by atoms with van der Waals surface area (Å²) in [6.45, 7) is 3.33. The highest BCUT2D eigenvalue weighted by Gasteiger charge is 2.13. The molecule has 1 N–H and O–H groups in total. The second kappa shape index (κ2) is 6.18. The van der Waals surface area contributed by atoms with Crippen LogP contribution in [0.2, 0.25) is 0 Å². The van der Waals surface area contributed by atoms with Crippen LogP contribution < -0.4 is 4.72 Å². The number of hydrogen-bond donors (Lipinski definition) is 1. The van der Waals surface area contributed by atoms with E-state index >= 15 is 0 Å². The lowest BCUT2D eigenvalue weighted by atomic mass is 10.2. The van der Waals surface area contributed by atoms with Crippen LogP contribution in [0.5, 0.6) is 0 Å². The first-order chi connectivity index (χ1) is 7.90. The lowest BCUT2D eigenvalue weighted by Gasteiger charge is -2.22. The van der Waals surface area contributed by atoms with Crippen molar-refractivity contribution in [2.45, 2.75) is 19.4 Å². The molecule has 0 spiro atoms. The molecule has 0 aliphatic heterocycles. The third-order valence-electron chi connectivity index (χ3n) is 2.67. The van der Waals surface area contributed by atoms with Crippen molar-refractivity contribution in [3.05, 3.63) is 24.2 Å². The molecule has 0 bridgehead atoms. The first-order valence-electron chi connectivity index (χ1n) is 5.58. The lowest BCUT2D eigenvalue weighted by Crippen LogP contribution is -2.28. The maximum absolute atomic E-state index is 10.9. The topological polar surface area (TPSA) is 62.6 Å². The molecule has 0 aliphatic rings. The first-order valence-corrected chi connectivity index (χ1v) is 7.47. The van der Waals surface area contributed by atoms with Crippen LogP contribution in [0.1, 0.15) is 25.1 Å². The van der Waals surface area contributed by atoms with Gasteiger partial charge in [0.2, 0.25) is 10.0 Å². The maximum Gasteiger partial charge on any atom is 0.208 e. The normalized spacial score (nSPS) is 14.1. The number of nitrogens with zero attached hydrogens (tertiary/aromatic N) is 1. The zero-order chi connectivity index (χ0) is 12.9. The van der Waals surface area contributed by atoms with Crippen LogP contribution in [0.4, 0.5) is 0 Å². The van der Waals surface area contributed by atoms with Gasteiger partial charge in [0.05, 0.1) is 18.6 Å². The summed E-state index contributed by atoms with van der Waals surface area (Å²) < 4.78 is 29.5. The number of sulfonamides is 1. The molecule has 98 valence electrons. The summed E-state index contributed by atoms with van der Waals surface area (Å²) in [5.74, 6) is 0.920. The van der Waals surface area contributed by atoms with Crippen LogP contribution in [0.15, 0.2) is 22.8 Å². The molecular formula is C11H20N2O3S. The van der Waals surface area contributed by atoms with Gasteiger partial charge in [0.15, 0.2) is 0 Å². The van der Waals surface area contributed by atoms with Crippen molar-refractivity contribution >= 4 is 10.0 Å². The van der Waals surface area contributed by atoms with E-state index in [9.17, 15) is 8.42 Å². The molecule has 1 heterocycles. The molecule has 5 nitrogen and oxygen atoms in total. The van der Waals surface area contributed by atoms with Gasteiger partial charge in [-0.15, -0.1) is 0 Å². The minimum Gasteiger partial charge on any atom is -0.468 e. The van der Waals surface area contributed by atoms with Crippen LogP contribution in [0.25, 0.3) is 0 Å². The van der Waals surface area contributed by atoms with Crippen molar-refractivity contribution in [1.82, 2.24) is 9.62 Å². The minimum atomic E-state index is -3.07. The Labute approximate surface area is 103 Å². The summed E-state index contributed by atoms with van der Waals surface area (Å²) in [7, 11) is -1.08. The largest absolute Gasteiger partial charge is 0.468 e. The van der Waals surface area contributed by atoms with Crippen LogP contribution in [-0.4, -0.2) is 39.7 Å². The van der Waals surface area contributed by atoms with Gasteiger partial charge in [-0.1, -0.05) is 0 Å². The highest BCUT2D eigenvalue weighted by atomic mass is 32.2. The molecule has 0 amide bonds. The number of hydrogen-bond acceptors (Lipinski definition) is 4. The standard InChI is InChI=1S/C11H20N2O3S/c1-10(11-6-4-9-16-11)13(2)8-5-7-12-17(3,14)15/h4,6,9-10,12H,5,7-8H2,1-3H3. The van der Waals surface area contributed by atoms with Crippen LogP contribution in [0, 0.1) is 0 Å². The van der Waals surface area contributed by atoms with Gasteiger partial charge in [-0.05, 0) is 39.1 Å². The second-order valence-electron chi connectivity index (χ2n) is 4.19. The van der Waals surface area contributed by atoms with E-state index < -0.39 is 10.0 Å².